The molecule has 262 valence electrons. The second-order valence-electron chi connectivity index (χ2n) is 15.8. The average molecular weight is 633 g/mol. The fourth-order valence-corrected chi connectivity index (χ4v) is 7.70. The lowest BCUT2D eigenvalue weighted by atomic mass is 9.87. The van der Waals surface area contributed by atoms with Gasteiger partial charge in [0.15, 0.2) is 0 Å². The summed E-state index contributed by atoms with van der Waals surface area (Å²) in [5, 5.41) is 3.20. The molecular formula is C38H72N4O3. The van der Waals surface area contributed by atoms with Crippen molar-refractivity contribution in [1.29, 1.82) is 0 Å². The molecule has 0 radical (unpaired) electrons. The number of nitrogens with one attached hydrogen (secondary N) is 1. The molecule has 45 heavy (non-hydrogen) atoms. The van der Waals surface area contributed by atoms with Crippen molar-refractivity contribution in [3.8, 4) is 0 Å². The Morgan fingerprint density at radius 3 is 1.89 bits per heavy atom. The van der Waals surface area contributed by atoms with Crippen molar-refractivity contribution in [1.82, 2.24) is 20.0 Å². The molecule has 0 aromatic heterocycles. The predicted octanol–water partition coefficient (Wildman–Crippen LogP) is 6.77. The van der Waals surface area contributed by atoms with Crippen LogP contribution >= 0.6 is 0 Å². The van der Waals surface area contributed by atoms with Crippen LogP contribution in [0.5, 0.6) is 0 Å². The maximum Gasteiger partial charge on any atom is 0.222 e. The molecule has 3 fully saturated rings. The molecule has 0 bridgehead atoms. The number of methoxy groups -OCH3 is 1. The smallest absolute Gasteiger partial charge is 0.222 e. The van der Waals surface area contributed by atoms with E-state index in [1.165, 1.54) is 129 Å². The molecule has 3 heterocycles. The normalized spacial score (nSPS) is 22.0. The molecule has 1 amide bonds. The van der Waals surface area contributed by atoms with Gasteiger partial charge in [0, 0.05) is 13.7 Å². The Kier molecular flexibility index (Phi) is 17.4. The van der Waals surface area contributed by atoms with E-state index in [4.69, 9.17) is 9.47 Å². The van der Waals surface area contributed by atoms with Gasteiger partial charge in [0.2, 0.25) is 5.91 Å². The zero-order valence-electron chi connectivity index (χ0n) is 30.3. The highest BCUT2D eigenvalue weighted by molar-refractivity contribution is 5.76. The predicted molar refractivity (Wildman–Crippen MR) is 189 cm³/mol. The van der Waals surface area contributed by atoms with Gasteiger partial charge < -0.3 is 29.5 Å². The van der Waals surface area contributed by atoms with Crippen LogP contribution in [0.1, 0.15) is 117 Å². The maximum absolute atomic E-state index is 12.7. The fourth-order valence-electron chi connectivity index (χ4n) is 7.70. The van der Waals surface area contributed by atoms with E-state index >= 15 is 0 Å². The minimum atomic E-state index is -0.488. The molecule has 0 aromatic carbocycles. The number of carbonyl (C=O) groups is 1. The van der Waals surface area contributed by atoms with Gasteiger partial charge in [-0.15, -0.1) is 6.58 Å². The summed E-state index contributed by atoms with van der Waals surface area (Å²) < 4.78 is 11.7. The lowest BCUT2D eigenvalue weighted by molar-refractivity contribution is -0.128. The molecular weight excluding hydrogens is 560 g/mol. The largest absolute Gasteiger partial charge is 0.378 e. The number of hydrogen-bond donors (Lipinski definition) is 1. The van der Waals surface area contributed by atoms with Gasteiger partial charge in [-0.25, -0.2) is 0 Å². The summed E-state index contributed by atoms with van der Waals surface area (Å²) in [4.78, 5) is 20.6. The summed E-state index contributed by atoms with van der Waals surface area (Å²) in [7, 11) is 4.00. The maximum atomic E-state index is 12.7. The van der Waals surface area contributed by atoms with Crippen LogP contribution in [0, 0.1) is 17.8 Å². The van der Waals surface area contributed by atoms with Crippen LogP contribution in [-0.4, -0.2) is 111 Å². The molecule has 3 rings (SSSR count). The Hall–Kier alpha value is -0.990. The Labute approximate surface area is 278 Å². The number of unbranched alkanes of at least 4 members (excludes halogenated alkanes) is 2. The summed E-state index contributed by atoms with van der Waals surface area (Å²) in [5.74, 6) is 2.67. The number of rotatable bonds is 21. The molecule has 3 aliphatic rings. The lowest BCUT2D eigenvalue weighted by Gasteiger charge is -2.33. The highest BCUT2D eigenvalue weighted by Crippen LogP contribution is 2.27. The Morgan fingerprint density at radius 1 is 0.822 bits per heavy atom. The van der Waals surface area contributed by atoms with Crippen molar-refractivity contribution >= 4 is 5.91 Å². The van der Waals surface area contributed by atoms with Crippen molar-refractivity contribution in [2.24, 2.45) is 17.8 Å². The molecule has 0 spiro atoms. The number of amides is 1. The number of nitrogens with zero attached hydrogens (tertiary/aromatic N) is 3. The van der Waals surface area contributed by atoms with Crippen LogP contribution in [0.25, 0.3) is 0 Å². The van der Waals surface area contributed by atoms with Gasteiger partial charge in [-0.1, -0.05) is 31.8 Å². The molecule has 1 N–H and O–H groups in total. The van der Waals surface area contributed by atoms with Gasteiger partial charge >= 0.3 is 0 Å². The summed E-state index contributed by atoms with van der Waals surface area (Å²) >= 11 is 0. The number of carbonyl (C=O) groups excluding carboxylic acids is 1. The van der Waals surface area contributed by atoms with Crippen molar-refractivity contribution in [3.05, 3.63) is 12.7 Å². The topological polar surface area (TPSA) is 57.3 Å². The van der Waals surface area contributed by atoms with Crippen LogP contribution in [0.4, 0.5) is 0 Å². The minimum Gasteiger partial charge on any atom is -0.378 e. The molecule has 0 aliphatic carbocycles. The van der Waals surface area contributed by atoms with Gasteiger partial charge in [0.05, 0.1) is 24.2 Å². The Balaban J connectivity index is 1.14. The number of likely N-dealkylation sites (tertiary alicyclic amines) is 3. The molecule has 7 heteroatoms. The van der Waals surface area contributed by atoms with Crippen molar-refractivity contribution in [2.45, 2.75) is 128 Å². The highest BCUT2D eigenvalue weighted by atomic mass is 16.5. The molecule has 3 saturated heterocycles. The number of ether oxygens (including phenoxy) is 2. The van der Waals surface area contributed by atoms with Gasteiger partial charge in [-0.3, -0.25) is 4.79 Å². The van der Waals surface area contributed by atoms with E-state index in [0.717, 1.165) is 31.2 Å². The van der Waals surface area contributed by atoms with Crippen LogP contribution in [0.15, 0.2) is 12.7 Å². The first-order valence-electron chi connectivity index (χ1n) is 18.8. The standard InChI is InChI=1S/C38H72N4O3/c1-7-20-38(4,44-6)21-30-45-37(2,3)31-36(43)39-32-35-18-28-42(29-19-35)23-10-8-9-22-41-26-16-34(17-27-41)13-11-12-33-14-24-40(5)25-15-33/h7,33-35H,1,8-32H2,2-6H3,(H,39,43). The van der Waals surface area contributed by atoms with Crippen molar-refractivity contribution in [3.63, 3.8) is 0 Å². The summed E-state index contributed by atoms with van der Waals surface area (Å²) in [6.45, 7) is 21.4. The summed E-state index contributed by atoms with van der Waals surface area (Å²) in [5.41, 5.74) is -0.754. The Bertz CT molecular complexity index is 814. The third kappa shape index (κ3) is 15.6. The first-order valence-corrected chi connectivity index (χ1v) is 18.8. The monoisotopic (exact) mass is 633 g/mol. The highest BCUT2D eigenvalue weighted by Gasteiger charge is 2.27. The van der Waals surface area contributed by atoms with E-state index in [9.17, 15) is 4.79 Å². The molecule has 7 nitrogen and oxygen atoms in total. The van der Waals surface area contributed by atoms with E-state index in [-0.39, 0.29) is 11.5 Å². The molecule has 3 aliphatic heterocycles. The summed E-state index contributed by atoms with van der Waals surface area (Å²) in [6.07, 6.45) is 20.3. The van der Waals surface area contributed by atoms with Crippen LogP contribution in [0.2, 0.25) is 0 Å². The van der Waals surface area contributed by atoms with E-state index in [0.29, 0.717) is 18.9 Å². The second kappa shape index (κ2) is 20.4. The zero-order valence-corrected chi connectivity index (χ0v) is 30.3. The average Bonchev–Trinajstić information content (AvgIpc) is 3.02. The van der Waals surface area contributed by atoms with Gasteiger partial charge in [0.25, 0.3) is 0 Å². The van der Waals surface area contributed by atoms with Crippen LogP contribution in [-0.2, 0) is 14.3 Å². The third-order valence-corrected chi connectivity index (χ3v) is 11.3. The van der Waals surface area contributed by atoms with Crippen molar-refractivity contribution < 1.29 is 14.3 Å². The number of piperidine rings is 3. The molecule has 0 saturated carbocycles. The first-order chi connectivity index (χ1) is 21.6. The van der Waals surface area contributed by atoms with Crippen molar-refractivity contribution in [2.75, 3.05) is 79.7 Å². The molecule has 1 unspecified atom stereocenters. The molecule has 1 atom stereocenters. The zero-order chi connectivity index (χ0) is 32.5. The van der Waals surface area contributed by atoms with Gasteiger partial charge in [-0.05, 0) is 162 Å². The SMILES string of the molecule is C=CCC(C)(CCOC(C)(C)CC(=O)NCC1CCN(CCCCCN2CCC(CCCC3CCN(C)CC3)CC2)CC1)OC. The molecule has 0 aromatic rings. The second-order valence-corrected chi connectivity index (χ2v) is 15.8. The first kappa shape index (κ1) is 38.5. The van der Waals surface area contributed by atoms with E-state index in [1.807, 2.05) is 19.9 Å². The third-order valence-electron chi connectivity index (χ3n) is 11.3. The van der Waals surface area contributed by atoms with E-state index < -0.39 is 5.60 Å². The number of hydrogen-bond acceptors (Lipinski definition) is 6. The fraction of sp³-hybridized carbons (Fsp3) is 0.921. The summed E-state index contributed by atoms with van der Waals surface area (Å²) in [6, 6.07) is 0. The lowest BCUT2D eigenvalue weighted by Crippen LogP contribution is -2.41. The van der Waals surface area contributed by atoms with Gasteiger partial charge in [-0.2, -0.15) is 0 Å². The van der Waals surface area contributed by atoms with E-state index in [1.54, 1.807) is 7.11 Å². The van der Waals surface area contributed by atoms with E-state index in [2.05, 4.69) is 40.6 Å². The van der Waals surface area contributed by atoms with Crippen LogP contribution in [0.3, 0.4) is 0 Å². The van der Waals surface area contributed by atoms with Gasteiger partial charge in [0.1, 0.15) is 0 Å². The van der Waals surface area contributed by atoms with Crippen LogP contribution < -0.4 is 5.32 Å². The minimum absolute atomic E-state index is 0.0928. The quantitative estimate of drug-likeness (QED) is 0.111. The Morgan fingerprint density at radius 2 is 1.36 bits per heavy atom.